The fraction of sp³-hybridized carbons (Fsp3) is 0.235. The van der Waals surface area contributed by atoms with E-state index in [0.29, 0.717) is 45.5 Å². The molecule has 11 nitrogen and oxygen atoms in total. The second-order valence-corrected chi connectivity index (χ2v) is 13.1. The van der Waals surface area contributed by atoms with Crippen LogP contribution < -0.4 is 20.1 Å². The number of aromatic nitrogens is 3. The summed E-state index contributed by atoms with van der Waals surface area (Å²) in [5.74, 6) is 1.23. The van der Waals surface area contributed by atoms with Gasteiger partial charge in [-0.05, 0) is 68.0 Å². The van der Waals surface area contributed by atoms with Crippen LogP contribution in [0.25, 0.3) is 22.0 Å². The Morgan fingerprint density at radius 2 is 1.61 bits per heavy atom. The van der Waals surface area contributed by atoms with E-state index < -0.39 is 16.1 Å². The molecule has 1 amide bonds. The van der Waals surface area contributed by atoms with E-state index in [1.807, 2.05) is 61.5 Å². The maximum atomic E-state index is 13.1. The molecule has 5 aromatic rings. The summed E-state index contributed by atoms with van der Waals surface area (Å²) in [5, 5.41) is 16.4. The van der Waals surface area contributed by atoms with Crippen molar-refractivity contribution in [1.82, 2.24) is 20.3 Å². The first-order valence-electron chi connectivity index (χ1n) is 15.0. The van der Waals surface area contributed by atoms with Gasteiger partial charge in [-0.2, -0.15) is 0 Å². The van der Waals surface area contributed by atoms with Crippen molar-refractivity contribution < 1.29 is 23.1 Å². The predicted molar refractivity (Wildman–Crippen MR) is 178 cm³/mol. The lowest BCUT2D eigenvalue weighted by Gasteiger charge is -2.28. The normalized spacial score (nSPS) is 16.5. The fourth-order valence-electron chi connectivity index (χ4n) is 5.79. The molecule has 0 spiro atoms. The van der Waals surface area contributed by atoms with Crippen LogP contribution >= 0.6 is 0 Å². The van der Waals surface area contributed by atoms with E-state index in [-0.39, 0.29) is 17.8 Å². The Kier molecular flexibility index (Phi) is 8.97. The molecule has 2 aromatic heterocycles. The maximum absolute atomic E-state index is 13.1. The first kappa shape index (κ1) is 30.8. The number of sulfonamides is 1. The van der Waals surface area contributed by atoms with Crippen LogP contribution in [0, 0.1) is 6.92 Å². The largest absolute Gasteiger partial charge is 0.465 e. The van der Waals surface area contributed by atoms with Crippen LogP contribution in [0.2, 0.25) is 0 Å². The van der Waals surface area contributed by atoms with Gasteiger partial charge in [0.2, 0.25) is 21.9 Å². The first-order valence-corrected chi connectivity index (χ1v) is 16.7. The van der Waals surface area contributed by atoms with Crippen molar-refractivity contribution in [2.45, 2.75) is 50.4 Å². The van der Waals surface area contributed by atoms with Gasteiger partial charge in [0, 0.05) is 35.2 Å². The van der Waals surface area contributed by atoms with E-state index >= 15 is 0 Å². The number of pyridine rings is 1. The van der Waals surface area contributed by atoms with Crippen LogP contribution in [0.1, 0.15) is 36.8 Å². The number of ether oxygens (including phenoxy) is 1. The Bertz CT molecular complexity index is 1960. The van der Waals surface area contributed by atoms with Crippen LogP contribution in [0.5, 0.6) is 11.6 Å². The van der Waals surface area contributed by atoms with Crippen molar-refractivity contribution in [3.8, 4) is 22.9 Å². The van der Waals surface area contributed by atoms with Gasteiger partial charge >= 0.3 is 6.09 Å². The summed E-state index contributed by atoms with van der Waals surface area (Å²) < 4.78 is 35.5. The maximum Gasteiger partial charge on any atom is 0.404 e. The number of anilines is 2. The zero-order chi connectivity index (χ0) is 32.1. The second-order valence-electron chi connectivity index (χ2n) is 11.3. The molecule has 0 aliphatic heterocycles. The van der Waals surface area contributed by atoms with Gasteiger partial charge < -0.3 is 20.5 Å². The molecule has 1 aliphatic carbocycles. The lowest BCUT2D eigenvalue weighted by Crippen LogP contribution is -2.39. The first-order chi connectivity index (χ1) is 22.2. The Labute approximate surface area is 267 Å². The Morgan fingerprint density at radius 1 is 0.891 bits per heavy atom. The van der Waals surface area contributed by atoms with Crippen molar-refractivity contribution in [3.63, 3.8) is 0 Å². The van der Waals surface area contributed by atoms with Gasteiger partial charge in [0.15, 0.2) is 0 Å². The molecule has 0 radical (unpaired) electrons. The van der Waals surface area contributed by atoms with Crippen molar-refractivity contribution in [2.24, 2.45) is 0 Å². The van der Waals surface area contributed by atoms with Gasteiger partial charge in [-0.25, -0.2) is 28.2 Å². The lowest BCUT2D eigenvalue weighted by atomic mass is 9.91. The summed E-state index contributed by atoms with van der Waals surface area (Å²) in [7, 11) is -3.68. The Hall–Kier alpha value is -5.23. The predicted octanol–water partition coefficient (Wildman–Crippen LogP) is 6.73. The number of hydrogen-bond acceptors (Lipinski definition) is 8. The standard InChI is InChI=1S/C34H34N6O5S/c1-22-20-30(40-46(43,44)21-23-8-3-2-4-9-23)26-10-5-6-11-27(26)31(22)45-32-28(12-7-18-35-32)29-17-19-36-33(39-29)37-24-13-15-25(16-14-24)38-34(41)42/h2-12,17-20,24-25,38,40H,13-16,21H2,1H3,(H,41,42)(H,36,37,39)/t24-,25-. The quantitative estimate of drug-likeness (QED) is 0.130. The third kappa shape index (κ3) is 7.35. The van der Waals surface area contributed by atoms with Crippen LogP contribution in [-0.2, 0) is 15.8 Å². The highest BCUT2D eigenvalue weighted by Crippen LogP contribution is 2.40. The lowest BCUT2D eigenvalue weighted by molar-refractivity contribution is 0.185. The van der Waals surface area contributed by atoms with Crippen LogP contribution in [0.3, 0.4) is 0 Å². The molecule has 2 heterocycles. The van der Waals surface area contributed by atoms with E-state index in [0.717, 1.165) is 36.6 Å². The average molecular weight is 639 g/mol. The number of rotatable bonds is 10. The van der Waals surface area contributed by atoms with E-state index in [4.69, 9.17) is 14.8 Å². The molecule has 1 aliphatic rings. The van der Waals surface area contributed by atoms with Gasteiger partial charge in [0.25, 0.3) is 0 Å². The summed E-state index contributed by atoms with van der Waals surface area (Å²) >= 11 is 0. The van der Waals surface area contributed by atoms with E-state index in [1.54, 1.807) is 36.7 Å². The summed E-state index contributed by atoms with van der Waals surface area (Å²) in [4.78, 5) is 24.7. The molecular formula is C34H34N6O5S. The summed E-state index contributed by atoms with van der Waals surface area (Å²) in [6, 6.07) is 23.9. The van der Waals surface area contributed by atoms with Crippen molar-refractivity contribution in [1.29, 1.82) is 0 Å². The van der Waals surface area contributed by atoms with Crippen LogP contribution in [-0.4, -0.2) is 46.7 Å². The van der Waals surface area contributed by atoms with Crippen LogP contribution in [0.4, 0.5) is 16.4 Å². The zero-order valence-corrected chi connectivity index (χ0v) is 26.0. The number of hydrogen-bond donors (Lipinski definition) is 4. The summed E-state index contributed by atoms with van der Waals surface area (Å²) in [6.07, 6.45) is 5.40. The van der Waals surface area contributed by atoms with E-state index in [1.165, 1.54) is 0 Å². The van der Waals surface area contributed by atoms with Crippen molar-refractivity contribution >= 4 is 38.5 Å². The third-order valence-corrected chi connectivity index (χ3v) is 9.18. The SMILES string of the molecule is Cc1cc(NS(=O)(=O)Cc2ccccc2)c2ccccc2c1Oc1ncccc1-c1ccnc(N[C@H]2CC[C@H](NC(=O)O)CC2)n1. The minimum Gasteiger partial charge on any atom is -0.465 e. The summed E-state index contributed by atoms with van der Waals surface area (Å²) in [6.45, 7) is 1.87. The number of benzene rings is 3. The van der Waals surface area contributed by atoms with Gasteiger partial charge in [-0.1, -0.05) is 54.6 Å². The summed E-state index contributed by atoms with van der Waals surface area (Å²) in [5.41, 5.74) is 3.18. The van der Waals surface area contributed by atoms with E-state index in [9.17, 15) is 13.2 Å². The third-order valence-electron chi connectivity index (χ3n) is 7.94. The molecule has 1 saturated carbocycles. The van der Waals surface area contributed by atoms with Crippen LogP contribution in [0.15, 0.2) is 91.3 Å². The number of aryl methyl sites for hydroxylation is 1. The van der Waals surface area contributed by atoms with Gasteiger partial charge in [0.1, 0.15) is 5.75 Å². The number of carbonyl (C=O) groups is 1. The van der Waals surface area contributed by atoms with Gasteiger partial charge in [0.05, 0.1) is 22.7 Å². The highest BCUT2D eigenvalue weighted by Gasteiger charge is 2.23. The number of nitrogens with zero attached hydrogens (tertiary/aromatic N) is 3. The molecule has 12 heteroatoms. The number of nitrogens with one attached hydrogen (secondary N) is 3. The molecule has 6 rings (SSSR count). The molecular weight excluding hydrogens is 604 g/mol. The van der Waals surface area contributed by atoms with Crippen molar-refractivity contribution in [2.75, 3.05) is 10.0 Å². The second kappa shape index (κ2) is 13.4. The molecule has 3 aromatic carbocycles. The minimum atomic E-state index is -3.68. The highest BCUT2D eigenvalue weighted by atomic mass is 32.2. The van der Waals surface area contributed by atoms with Gasteiger partial charge in [-0.3, -0.25) is 4.72 Å². The molecule has 4 N–H and O–H groups in total. The molecule has 1 fully saturated rings. The monoisotopic (exact) mass is 638 g/mol. The molecule has 46 heavy (non-hydrogen) atoms. The molecule has 0 unspecified atom stereocenters. The zero-order valence-electron chi connectivity index (χ0n) is 25.2. The topological polar surface area (TPSA) is 155 Å². The Balaban J connectivity index is 1.24. The van der Waals surface area contributed by atoms with E-state index in [2.05, 4.69) is 25.3 Å². The molecule has 0 saturated heterocycles. The van der Waals surface area contributed by atoms with Crippen molar-refractivity contribution in [3.05, 3.63) is 102 Å². The molecule has 236 valence electrons. The smallest absolute Gasteiger partial charge is 0.404 e. The Morgan fingerprint density at radius 3 is 2.37 bits per heavy atom. The fourth-order valence-corrected chi connectivity index (χ4v) is 6.99. The minimum absolute atomic E-state index is 0.0408. The highest BCUT2D eigenvalue weighted by molar-refractivity contribution is 7.91. The average Bonchev–Trinajstić information content (AvgIpc) is 3.04. The number of carboxylic acid groups (broad SMARTS) is 1. The van der Waals surface area contributed by atoms with Gasteiger partial charge in [-0.15, -0.1) is 0 Å². The number of amides is 1. The number of fused-ring (bicyclic) bond motifs is 1. The molecule has 0 bridgehead atoms. The molecule has 0 atom stereocenters.